The Hall–Kier alpha value is -2.74. The van der Waals surface area contributed by atoms with E-state index in [1.807, 2.05) is 43.6 Å². The number of para-hydroxylation sites is 1. The molecule has 7 nitrogen and oxygen atoms in total. The standard InChI is InChI=1S/C16H15N7S/c1-11(14-9-23(21-20-14)12-6-4-3-5-7-12)24-16-13-8-19-22(2)15(13)17-10-18-16/h3-11H,1-2H3/t11-/m0/s1. The molecule has 0 radical (unpaired) electrons. The Morgan fingerprint density at radius 1 is 1.12 bits per heavy atom. The highest BCUT2D eigenvalue weighted by atomic mass is 32.2. The first-order chi connectivity index (χ1) is 11.7. The second kappa shape index (κ2) is 6.04. The van der Waals surface area contributed by atoms with Crippen molar-refractivity contribution in [1.82, 2.24) is 34.7 Å². The first-order valence-corrected chi connectivity index (χ1v) is 8.37. The number of hydrogen-bond acceptors (Lipinski definition) is 6. The largest absolute Gasteiger partial charge is 0.250 e. The normalized spacial score (nSPS) is 12.6. The van der Waals surface area contributed by atoms with Crippen LogP contribution < -0.4 is 0 Å². The molecule has 4 aromatic rings. The number of aromatic nitrogens is 7. The summed E-state index contributed by atoms with van der Waals surface area (Å²) < 4.78 is 3.53. The van der Waals surface area contributed by atoms with Crippen LogP contribution in [-0.2, 0) is 7.05 Å². The lowest BCUT2D eigenvalue weighted by Gasteiger charge is -2.07. The van der Waals surface area contributed by atoms with Crippen LogP contribution >= 0.6 is 11.8 Å². The first kappa shape index (κ1) is 14.8. The Bertz CT molecular complexity index is 976. The van der Waals surface area contributed by atoms with Gasteiger partial charge in [-0.3, -0.25) is 4.68 Å². The molecule has 3 aromatic heterocycles. The number of rotatable bonds is 4. The van der Waals surface area contributed by atoms with Gasteiger partial charge in [-0.2, -0.15) is 5.10 Å². The van der Waals surface area contributed by atoms with E-state index < -0.39 is 0 Å². The summed E-state index contributed by atoms with van der Waals surface area (Å²) in [7, 11) is 1.87. The SMILES string of the molecule is C[C@H](Sc1ncnc2c1cnn2C)c1cn(-c2ccccc2)nn1. The maximum absolute atomic E-state index is 4.39. The van der Waals surface area contributed by atoms with Crippen molar-refractivity contribution in [2.45, 2.75) is 17.2 Å². The second-order valence-corrected chi connectivity index (χ2v) is 6.70. The third-order valence-corrected chi connectivity index (χ3v) is 4.87. The number of benzene rings is 1. The molecule has 1 atom stereocenters. The van der Waals surface area contributed by atoms with Crippen LogP contribution in [-0.4, -0.2) is 34.7 Å². The molecule has 0 amide bonds. The summed E-state index contributed by atoms with van der Waals surface area (Å²) in [6, 6.07) is 9.94. The maximum Gasteiger partial charge on any atom is 0.162 e. The third kappa shape index (κ3) is 2.65. The molecule has 120 valence electrons. The molecular weight excluding hydrogens is 322 g/mol. The van der Waals surface area contributed by atoms with E-state index in [9.17, 15) is 0 Å². The Labute approximate surface area is 142 Å². The molecule has 1 aromatic carbocycles. The van der Waals surface area contributed by atoms with Crippen LogP contribution in [0.25, 0.3) is 16.7 Å². The minimum atomic E-state index is 0.112. The van der Waals surface area contributed by atoms with Crippen molar-refractivity contribution in [3.63, 3.8) is 0 Å². The van der Waals surface area contributed by atoms with Gasteiger partial charge in [0.05, 0.1) is 34.4 Å². The summed E-state index contributed by atoms with van der Waals surface area (Å²) in [6.07, 6.45) is 5.32. The highest BCUT2D eigenvalue weighted by Crippen LogP contribution is 2.35. The number of thioether (sulfide) groups is 1. The van der Waals surface area contributed by atoms with Gasteiger partial charge in [0.25, 0.3) is 0 Å². The lowest BCUT2D eigenvalue weighted by atomic mass is 10.3. The summed E-state index contributed by atoms with van der Waals surface area (Å²) in [5, 5.41) is 14.7. The Kier molecular flexibility index (Phi) is 3.73. The summed E-state index contributed by atoms with van der Waals surface area (Å²) in [5.41, 5.74) is 2.72. The Balaban J connectivity index is 1.60. The van der Waals surface area contributed by atoms with E-state index in [1.54, 1.807) is 33.6 Å². The molecule has 0 aliphatic rings. The van der Waals surface area contributed by atoms with Crippen molar-refractivity contribution in [2.24, 2.45) is 7.05 Å². The van der Waals surface area contributed by atoms with E-state index in [0.29, 0.717) is 0 Å². The molecule has 3 heterocycles. The highest BCUT2D eigenvalue weighted by Gasteiger charge is 2.16. The topological polar surface area (TPSA) is 74.3 Å². The highest BCUT2D eigenvalue weighted by molar-refractivity contribution is 7.99. The molecule has 4 rings (SSSR count). The van der Waals surface area contributed by atoms with Gasteiger partial charge in [0.1, 0.15) is 11.4 Å². The molecule has 0 bridgehead atoms. The predicted molar refractivity (Wildman–Crippen MR) is 91.9 cm³/mol. The second-order valence-electron chi connectivity index (χ2n) is 5.37. The zero-order chi connectivity index (χ0) is 16.5. The number of hydrogen-bond donors (Lipinski definition) is 0. The smallest absolute Gasteiger partial charge is 0.162 e. The fourth-order valence-corrected chi connectivity index (χ4v) is 3.37. The van der Waals surface area contributed by atoms with Gasteiger partial charge in [-0.15, -0.1) is 5.10 Å². The fourth-order valence-electron chi connectivity index (χ4n) is 2.43. The van der Waals surface area contributed by atoms with Crippen molar-refractivity contribution in [3.05, 3.63) is 54.7 Å². The quantitative estimate of drug-likeness (QED) is 0.421. The minimum Gasteiger partial charge on any atom is -0.250 e. The summed E-state index contributed by atoms with van der Waals surface area (Å²) in [5.74, 6) is 0. The molecule has 8 heteroatoms. The van der Waals surface area contributed by atoms with E-state index >= 15 is 0 Å². The van der Waals surface area contributed by atoms with E-state index in [1.165, 1.54) is 0 Å². The molecule has 24 heavy (non-hydrogen) atoms. The zero-order valence-corrected chi connectivity index (χ0v) is 14.1. The molecular formula is C16H15N7S. The van der Waals surface area contributed by atoms with Crippen LogP contribution in [0.2, 0.25) is 0 Å². The molecule has 0 saturated carbocycles. The van der Waals surface area contributed by atoms with Gasteiger partial charge in [-0.25, -0.2) is 14.6 Å². The first-order valence-electron chi connectivity index (χ1n) is 7.49. The van der Waals surface area contributed by atoms with Crippen molar-refractivity contribution in [2.75, 3.05) is 0 Å². The Morgan fingerprint density at radius 2 is 1.96 bits per heavy atom. The molecule has 0 spiro atoms. The van der Waals surface area contributed by atoms with E-state index in [-0.39, 0.29) is 5.25 Å². The average Bonchev–Trinajstić information content (AvgIpc) is 3.24. The number of nitrogens with zero attached hydrogens (tertiary/aromatic N) is 7. The Morgan fingerprint density at radius 3 is 2.79 bits per heavy atom. The molecule has 0 unspecified atom stereocenters. The van der Waals surface area contributed by atoms with Gasteiger partial charge >= 0.3 is 0 Å². The summed E-state index contributed by atoms with van der Waals surface area (Å²) in [4.78, 5) is 8.66. The maximum atomic E-state index is 4.39. The number of fused-ring (bicyclic) bond motifs is 1. The van der Waals surface area contributed by atoms with Crippen molar-refractivity contribution in [3.8, 4) is 5.69 Å². The molecule has 0 N–H and O–H groups in total. The van der Waals surface area contributed by atoms with Gasteiger partial charge in [-0.05, 0) is 19.1 Å². The van der Waals surface area contributed by atoms with Crippen LogP contribution in [0, 0.1) is 0 Å². The van der Waals surface area contributed by atoms with Crippen LogP contribution in [0.3, 0.4) is 0 Å². The zero-order valence-electron chi connectivity index (χ0n) is 13.2. The average molecular weight is 337 g/mol. The lowest BCUT2D eigenvalue weighted by molar-refractivity contribution is 0.784. The summed E-state index contributed by atoms with van der Waals surface area (Å²) >= 11 is 1.63. The monoisotopic (exact) mass is 337 g/mol. The van der Waals surface area contributed by atoms with Crippen LogP contribution in [0.4, 0.5) is 0 Å². The predicted octanol–water partition coefficient (Wildman–Crippen LogP) is 2.80. The van der Waals surface area contributed by atoms with Gasteiger partial charge in [0.2, 0.25) is 0 Å². The van der Waals surface area contributed by atoms with E-state index in [2.05, 4.69) is 32.3 Å². The molecule has 0 aliphatic carbocycles. The molecule has 0 aliphatic heterocycles. The molecule has 0 saturated heterocycles. The van der Waals surface area contributed by atoms with Crippen LogP contribution in [0.5, 0.6) is 0 Å². The lowest BCUT2D eigenvalue weighted by Crippen LogP contribution is -1.94. The third-order valence-electron chi connectivity index (χ3n) is 3.73. The van der Waals surface area contributed by atoms with Crippen molar-refractivity contribution < 1.29 is 0 Å². The van der Waals surface area contributed by atoms with Gasteiger partial charge < -0.3 is 0 Å². The van der Waals surface area contributed by atoms with Gasteiger partial charge in [0.15, 0.2) is 5.65 Å². The van der Waals surface area contributed by atoms with E-state index in [0.717, 1.165) is 27.4 Å². The van der Waals surface area contributed by atoms with Crippen molar-refractivity contribution in [1.29, 1.82) is 0 Å². The van der Waals surface area contributed by atoms with Crippen LogP contribution in [0.1, 0.15) is 17.9 Å². The van der Waals surface area contributed by atoms with Gasteiger partial charge in [-0.1, -0.05) is 35.2 Å². The van der Waals surface area contributed by atoms with E-state index in [4.69, 9.17) is 0 Å². The van der Waals surface area contributed by atoms with Crippen LogP contribution in [0.15, 0.2) is 54.1 Å². The minimum absolute atomic E-state index is 0.112. The van der Waals surface area contributed by atoms with Gasteiger partial charge in [0, 0.05) is 7.05 Å². The molecule has 0 fully saturated rings. The summed E-state index contributed by atoms with van der Waals surface area (Å²) in [6.45, 7) is 2.09. The number of aryl methyl sites for hydroxylation is 1. The fraction of sp³-hybridized carbons (Fsp3) is 0.188. The van der Waals surface area contributed by atoms with Crippen molar-refractivity contribution >= 4 is 22.8 Å².